The lowest BCUT2D eigenvalue weighted by molar-refractivity contribution is -0.156. The molecule has 14 heteroatoms. The molecule has 0 saturated carbocycles. The van der Waals surface area contributed by atoms with Crippen LogP contribution in [0.4, 0.5) is 0 Å². The van der Waals surface area contributed by atoms with E-state index in [0.717, 1.165) is 0 Å². The van der Waals surface area contributed by atoms with Crippen molar-refractivity contribution in [2.45, 2.75) is 130 Å². The molecule has 59 heavy (non-hydrogen) atoms. The number of esters is 2. The molecule has 5 N–H and O–H groups in total. The van der Waals surface area contributed by atoms with Crippen molar-refractivity contribution < 1.29 is 48.5 Å². The third kappa shape index (κ3) is 16.1. The second-order valence-corrected chi connectivity index (χ2v) is 16.5. The fraction of sp³-hybridized carbons (Fsp3) is 0.511. The topological polar surface area (TPSA) is 201 Å². The van der Waals surface area contributed by atoms with Gasteiger partial charge in [0.25, 0.3) is 5.91 Å². The molecular weight excluding hydrogens is 757 g/mol. The Morgan fingerprint density at radius 3 is 2.44 bits per heavy atom. The van der Waals surface area contributed by atoms with Crippen molar-refractivity contribution >= 4 is 35.4 Å². The number of hydrogen-bond acceptors (Lipinski definition) is 11. The van der Waals surface area contributed by atoms with Crippen LogP contribution in [0.1, 0.15) is 93.1 Å². The summed E-state index contributed by atoms with van der Waals surface area (Å²) in [5.41, 5.74) is 3.96. The molecule has 2 bridgehead atoms. The van der Waals surface area contributed by atoms with Gasteiger partial charge in [0, 0.05) is 31.9 Å². The number of carbonyl (C=O) groups is 6. The van der Waals surface area contributed by atoms with Gasteiger partial charge in [0.15, 0.2) is 0 Å². The normalized spacial score (nSPS) is 24.7. The van der Waals surface area contributed by atoms with Crippen molar-refractivity contribution in [3.05, 3.63) is 89.6 Å². The number of nitrogens with one attached hydrogen (secondary N) is 3. The Bertz CT molecular complexity index is 1820. The van der Waals surface area contributed by atoms with E-state index in [0.29, 0.717) is 29.6 Å². The number of cyclic esters (lactones) is 1. The van der Waals surface area contributed by atoms with Crippen LogP contribution in [0.3, 0.4) is 0 Å². The van der Waals surface area contributed by atoms with Gasteiger partial charge in [0.2, 0.25) is 11.8 Å². The summed E-state index contributed by atoms with van der Waals surface area (Å²) in [5.74, 6) is -4.70. The van der Waals surface area contributed by atoms with E-state index in [2.05, 4.69) is 16.1 Å². The average molecular weight is 819 g/mol. The fourth-order valence-electron chi connectivity index (χ4n) is 6.51. The summed E-state index contributed by atoms with van der Waals surface area (Å²) in [6.07, 6.45) is 12.1. The summed E-state index contributed by atoms with van der Waals surface area (Å²) in [6.45, 7) is 13.8. The predicted molar refractivity (Wildman–Crippen MR) is 223 cm³/mol. The Labute approximate surface area is 347 Å². The molecule has 0 aliphatic carbocycles. The van der Waals surface area contributed by atoms with Gasteiger partial charge in [0.1, 0.15) is 41.4 Å². The van der Waals surface area contributed by atoms with E-state index in [-0.39, 0.29) is 43.8 Å². The monoisotopic (exact) mass is 818 g/mol. The number of ketones is 1. The van der Waals surface area contributed by atoms with Gasteiger partial charge in [-0.15, -0.1) is 0 Å². The third-order valence-corrected chi connectivity index (χ3v) is 9.77. The van der Waals surface area contributed by atoms with Crippen LogP contribution in [0.25, 0.3) is 0 Å². The van der Waals surface area contributed by atoms with Crippen LogP contribution in [0.5, 0.6) is 5.75 Å². The number of carbonyl (C=O) groups excluding carboxylic acids is 6. The number of aliphatic hydroxyl groups excluding tert-OH is 1. The van der Waals surface area contributed by atoms with E-state index in [4.69, 9.17) is 9.47 Å². The third-order valence-electron chi connectivity index (χ3n) is 9.77. The lowest BCUT2D eigenvalue weighted by Gasteiger charge is -2.36. The number of Topliss-reactive ketones (excluding diaryl/α,β-unsaturated/α-hetero) is 1. The molecule has 2 heterocycles. The average Bonchev–Trinajstić information content (AvgIpc) is 3.15. The summed E-state index contributed by atoms with van der Waals surface area (Å²) in [5, 5.41) is 28.5. The maximum absolute atomic E-state index is 14.3. The maximum Gasteiger partial charge on any atom is 0.331 e. The van der Waals surface area contributed by atoms with Crippen LogP contribution in [0.15, 0.2) is 84.0 Å². The van der Waals surface area contributed by atoms with Gasteiger partial charge in [-0.1, -0.05) is 68.5 Å². The summed E-state index contributed by atoms with van der Waals surface area (Å²) in [6, 6.07) is 3.04. The molecule has 0 spiro atoms. The highest BCUT2D eigenvalue weighted by Gasteiger charge is 2.37. The highest BCUT2D eigenvalue weighted by atomic mass is 16.6. The molecular formula is C45H62N4O10. The maximum atomic E-state index is 14.3. The number of hydrazine groups is 1. The van der Waals surface area contributed by atoms with Crippen molar-refractivity contribution in [2.24, 2.45) is 11.8 Å². The molecule has 1 saturated heterocycles. The van der Waals surface area contributed by atoms with Gasteiger partial charge >= 0.3 is 11.9 Å². The first-order valence-electron chi connectivity index (χ1n) is 20.2. The van der Waals surface area contributed by atoms with Crippen LogP contribution in [0.2, 0.25) is 0 Å². The van der Waals surface area contributed by atoms with Gasteiger partial charge in [-0.3, -0.25) is 24.2 Å². The Morgan fingerprint density at radius 2 is 1.78 bits per heavy atom. The summed E-state index contributed by atoms with van der Waals surface area (Å²) in [7, 11) is 0. The van der Waals surface area contributed by atoms with Crippen molar-refractivity contribution in [2.75, 3.05) is 6.54 Å². The molecule has 0 radical (unpaired) electrons. The number of aromatic hydroxyl groups is 1. The van der Waals surface area contributed by atoms with E-state index in [1.54, 1.807) is 97.1 Å². The zero-order valence-electron chi connectivity index (χ0n) is 35.5. The Kier molecular flexibility index (Phi) is 18.5. The van der Waals surface area contributed by atoms with Gasteiger partial charge in [-0.2, -0.15) is 0 Å². The van der Waals surface area contributed by atoms with Crippen LogP contribution >= 0.6 is 0 Å². The number of rotatable bonds is 9. The number of phenols is 1. The zero-order valence-corrected chi connectivity index (χ0v) is 35.5. The largest absolute Gasteiger partial charge is 0.508 e. The standard InChI is InChI=1S/C45H62N4O10/c1-28(2)39-42(55)46-36(27-32-18-14-19-33(51)26-32)43(56)49-25-15-20-35(48-49)44(57)58-37(29(3)17-13-22-38(52)59-45(6,7)8)21-12-10-9-11-16-30(4)40(53)34(41(54)47-39)24-23-31(5)50/h9-14,16-19,22,26,28,34-37,39-40,48,51,53H,15,20-21,23-25,27H2,1-8H3,(H,46,55)(H,47,54)/t34-,35?,36+,37+,39+,40-/m1/s1. The van der Waals surface area contributed by atoms with E-state index >= 15 is 0 Å². The van der Waals surface area contributed by atoms with Gasteiger partial charge in [-0.25, -0.2) is 10.2 Å². The molecule has 1 unspecified atom stereocenters. The Balaban J connectivity index is 2.06. The molecule has 322 valence electrons. The van der Waals surface area contributed by atoms with Crippen molar-refractivity contribution in [3.63, 3.8) is 0 Å². The molecule has 2 aliphatic heterocycles. The minimum atomic E-state index is -1.29. The second kappa shape index (κ2) is 22.7. The van der Waals surface area contributed by atoms with Crippen molar-refractivity contribution in [3.8, 4) is 5.75 Å². The Morgan fingerprint density at radius 1 is 1.05 bits per heavy atom. The number of allylic oxidation sites excluding steroid dienone is 6. The van der Waals surface area contributed by atoms with E-state index in [1.807, 2.05) is 0 Å². The van der Waals surface area contributed by atoms with Gasteiger partial charge in [0.05, 0.1) is 12.0 Å². The molecule has 6 atom stereocenters. The predicted octanol–water partition coefficient (Wildman–Crippen LogP) is 4.62. The van der Waals surface area contributed by atoms with Crippen LogP contribution in [-0.2, 0) is 44.7 Å². The van der Waals surface area contributed by atoms with Crippen molar-refractivity contribution in [1.29, 1.82) is 0 Å². The number of ether oxygens (including phenoxy) is 2. The number of hydrogen-bond donors (Lipinski definition) is 5. The van der Waals surface area contributed by atoms with Gasteiger partial charge in [-0.05, 0) is 95.6 Å². The number of aliphatic hydroxyl groups is 1. The first-order valence-corrected chi connectivity index (χ1v) is 20.2. The lowest BCUT2D eigenvalue weighted by Crippen LogP contribution is -2.62. The highest BCUT2D eigenvalue weighted by molar-refractivity contribution is 5.93. The summed E-state index contributed by atoms with van der Waals surface area (Å²) in [4.78, 5) is 80.3. The first kappa shape index (κ1) is 48.0. The van der Waals surface area contributed by atoms with E-state index in [9.17, 15) is 39.0 Å². The number of nitrogens with zero attached hydrogens (tertiary/aromatic N) is 1. The molecule has 14 nitrogen and oxygen atoms in total. The smallest absolute Gasteiger partial charge is 0.331 e. The number of amides is 3. The SMILES string of the molecule is CC(=O)CC[C@H]1C(=O)N[C@@H](C(C)C)C(=O)N[C@@H](Cc2cccc(O)c2)C(=O)N2CCCC(N2)C(=O)O[C@H](C(C)=CC=CC(=O)OC(C)(C)C)CC=CC=CC=C(C)[C@H]1O. The van der Waals surface area contributed by atoms with Crippen LogP contribution in [-0.4, -0.2) is 93.1 Å². The van der Waals surface area contributed by atoms with E-state index in [1.165, 1.54) is 36.2 Å². The number of phenolic OH excluding ortho intramolecular Hbond substituents is 1. The van der Waals surface area contributed by atoms with Gasteiger partial charge < -0.3 is 35.1 Å². The molecule has 1 fully saturated rings. The number of benzene rings is 1. The zero-order chi connectivity index (χ0) is 43.9. The highest BCUT2D eigenvalue weighted by Crippen LogP contribution is 2.22. The number of fused-ring (bicyclic) bond motifs is 2. The van der Waals surface area contributed by atoms with Crippen LogP contribution in [0, 0.1) is 11.8 Å². The van der Waals surface area contributed by atoms with Crippen LogP contribution < -0.4 is 16.1 Å². The molecule has 2 aliphatic rings. The first-order chi connectivity index (χ1) is 27.7. The fourth-order valence-corrected chi connectivity index (χ4v) is 6.51. The second-order valence-electron chi connectivity index (χ2n) is 16.5. The quantitative estimate of drug-likeness (QED) is 0.132. The molecule has 3 rings (SSSR count). The summed E-state index contributed by atoms with van der Waals surface area (Å²) < 4.78 is 11.4. The molecule has 1 aromatic rings. The molecule has 3 amide bonds. The van der Waals surface area contributed by atoms with Crippen molar-refractivity contribution in [1.82, 2.24) is 21.1 Å². The molecule has 0 aromatic heterocycles. The lowest BCUT2D eigenvalue weighted by atomic mass is 9.89. The minimum absolute atomic E-state index is 0.0280. The summed E-state index contributed by atoms with van der Waals surface area (Å²) >= 11 is 0. The Hall–Kier alpha value is -5.34. The molecule has 1 aromatic carbocycles. The minimum Gasteiger partial charge on any atom is -0.508 e. The van der Waals surface area contributed by atoms with E-state index < -0.39 is 77.4 Å².